The molecular formula is C26H30F3N5O5. The molecule has 2 heterocycles. The Kier molecular flexibility index (Phi) is 9.51. The molecule has 1 aliphatic heterocycles. The number of allylic oxidation sites excluding steroid dienone is 4. The van der Waals surface area contributed by atoms with E-state index in [0.717, 1.165) is 16.0 Å². The lowest BCUT2D eigenvalue weighted by molar-refractivity contribution is -0.162. The lowest BCUT2D eigenvalue weighted by Crippen LogP contribution is -2.38. The molecule has 39 heavy (non-hydrogen) atoms. The van der Waals surface area contributed by atoms with Gasteiger partial charge in [-0.1, -0.05) is 18.7 Å². The van der Waals surface area contributed by atoms with Gasteiger partial charge in [-0.15, -0.1) is 10.2 Å². The average molecular weight is 550 g/mol. The third-order valence-electron chi connectivity index (χ3n) is 5.98. The van der Waals surface area contributed by atoms with Gasteiger partial charge in [0.1, 0.15) is 12.1 Å². The van der Waals surface area contributed by atoms with Crippen LogP contribution >= 0.6 is 0 Å². The van der Waals surface area contributed by atoms with E-state index in [0.29, 0.717) is 23.6 Å². The number of aliphatic hydroxyl groups excluding tert-OH is 1. The minimum absolute atomic E-state index is 0.0132. The molecule has 1 aliphatic rings. The smallest absolute Gasteiger partial charge is 0.422 e. The SMILES string of the molecule is C=C(/C=C\C=C(/C)c1nncn1C(C)CO)NC(=O)c1cc2c(cc1OC)CCN(C(=O)OCC(F)(F)F)C2. The summed E-state index contributed by atoms with van der Waals surface area (Å²) in [4.78, 5) is 26.3. The molecule has 1 atom stereocenters. The largest absolute Gasteiger partial charge is 0.496 e. The molecule has 13 heteroatoms. The fourth-order valence-electron chi connectivity index (χ4n) is 3.90. The Labute approximate surface area is 223 Å². The van der Waals surface area contributed by atoms with E-state index >= 15 is 0 Å². The molecule has 0 spiro atoms. The Hall–Kier alpha value is -4.13. The summed E-state index contributed by atoms with van der Waals surface area (Å²) in [5.41, 5.74) is 2.64. The number of benzene rings is 1. The summed E-state index contributed by atoms with van der Waals surface area (Å²) in [6.07, 6.45) is 1.22. The van der Waals surface area contributed by atoms with Crippen molar-refractivity contribution in [3.8, 4) is 5.75 Å². The first-order chi connectivity index (χ1) is 18.4. The van der Waals surface area contributed by atoms with E-state index in [4.69, 9.17) is 4.74 Å². The lowest BCUT2D eigenvalue weighted by atomic mass is 9.96. The summed E-state index contributed by atoms with van der Waals surface area (Å²) in [5.74, 6) is 0.383. The Morgan fingerprint density at radius 2 is 2.05 bits per heavy atom. The van der Waals surface area contributed by atoms with Crippen LogP contribution in [0.5, 0.6) is 5.75 Å². The number of fused-ring (bicyclic) bond motifs is 1. The summed E-state index contributed by atoms with van der Waals surface area (Å²) in [7, 11) is 1.42. The Morgan fingerprint density at radius 1 is 1.31 bits per heavy atom. The first kappa shape index (κ1) is 29.4. The van der Waals surface area contributed by atoms with Crippen LogP contribution in [0.1, 0.15) is 47.2 Å². The van der Waals surface area contributed by atoms with Gasteiger partial charge in [-0.3, -0.25) is 4.79 Å². The molecule has 1 aromatic heterocycles. The van der Waals surface area contributed by atoms with E-state index in [2.05, 4.69) is 26.8 Å². The van der Waals surface area contributed by atoms with Gasteiger partial charge >= 0.3 is 12.3 Å². The van der Waals surface area contributed by atoms with Crippen molar-refractivity contribution in [1.82, 2.24) is 25.0 Å². The number of aromatic nitrogens is 3. The number of halogens is 3. The summed E-state index contributed by atoms with van der Waals surface area (Å²) in [5, 5.41) is 20.0. The topological polar surface area (TPSA) is 119 Å². The molecule has 0 saturated carbocycles. The second-order valence-corrected chi connectivity index (χ2v) is 8.94. The number of methoxy groups -OCH3 is 1. The van der Waals surface area contributed by atoms with Crippen LogP contribution in [0.3, 0.4) is 0 Å². The third kappa shape index (κ3) is 7.69. The minimum Gasteiger partial charge on any atom is -0.496 e. The molecule has 2 amide bonds. The first-order valence-electron chi connectivity index (χ1n) is 12.0. The number of carbonyl (C=O) groups excluding carboxylic acids is 2. The number of amides is 2. The van der Waals surface area contributed by atoms with E-state index in [9.17, 15) is 27.9 Å². The molecule has 210 valence electrons. The number of ether oxygens (including phenoxy) is 2. The lowest BCUT2D eigenvalue weighted by Gasteiger charge is -2.29. The van der Waals surface area contributed by atoms with Gasteiger partial charge in [0, 0.05) is 18.8 Å². The number of hydrogen-bond donors (Lipinski definition) is 2. The molecule has 3 rings (SSSR count). The second kappa shape index (κ2) is 12.6. The van der Waals surface area contributed by atoms with Crippen molar-refractivity contribution in [2.75, 3.05) is 26.9 Å². The predicted molar refractivity (Wildman–Crippen MR) is 136 cm³/mol. The highest BCUT2D eigenvalue weighted by Gasteiger charge is 2.32. The van der Waals surface area contributed by atoms with Gasteiger partial charge in [0.15, 0.2) is 12.4 Å². The highest BCUT2D eigenvalue weighted by atomic mass is 19.4. The number of nitrogens with zero attached hydrogens (tertiary/aromatic N) is 4. The summed E-state index contributed by atoms with van der Waals surface area (Å²) in [6.45, 7) is 5.92. The molecule has 10 nitrogen and oxygen atoms in total. The maximum absolute atomic E-state index is 13.0. The van der Waals surface area contributed by atoms with Gasteiger partial charge in [-0.2, -0.15) is 13.2 Å². The van der Waals surface area contributed by atoms with Crippen molar-refractivity contribution in [2.45, 2.75) is 39.0 Å². The third-order valence-corrected chi connectivity index (χ3v) is 5.98. The van der Waals surface area contributed by atoms with Gasteiger partial charge in [0.05, 0.1) is 25.3 Å². The number of aliphatic hydroxyl groups is 1. The molecule has 0 aliphatic carbocycles. The van der Waals surface area contributed by atoms with E-state index in [1.165, 1.54) is 13.4 Å². The van der Waals surface area contributed by atoms with Crippen LogP contribution in [0, 0.1) is 0 Å². The number of hydrogen-bond acceptors (Lipinski definition) is 7. The standard InChI is InChI=1S/C26H30F3N5O5/c1-16(23-32-30-15-34(23)18(3)13-35)6-5-7-17(2)31-24(36)21-10-20-12-33(25(37)39-14-26(27,28)29)9-8-19(20)11-22(21)38-4/h5-7,10-11,15,18,35H,2,8-9,12-14H2,1,3-4H3,(H,31,36)/b7-5-,16-6+. The van der Waals surface area contributed by atoms with Crippen molar-refractivity contribution >= 4 is 17.6 Å². The number of carbonyl (C=O) groups is 2. The molecular weight excluding hydrogens is 519 g/mol. The zero-order chi connectivity index (χ0) is 28.7. The van der Waals surface area contributed by atoms with Gasteiger partial charge in [0.2, 0.25) is 0 Å². The highest BCUT2D eigenvalue weighted by molar-refractivity contribution is 5.98. The zero-order valence-corrected chi connectivity index (χ0v) is 21.8. The number of alkyl halides is 3. The van der Waals surface area contributed by atoms with Crippen LogP contribution in [0.25, 0.3) is 5.57 Å². The molecule has 0 fully saturated rings. The Balaban J connectivity index is 1.69. The van der Waals surface area contributed by atoms with Gasteiger partial charge in [-0.05, 0) is 55.2 Å². The fraction of sp³-hybridized carbons (Fsp3) is 0.385. The van der Waals surface area contributed by atoms with Gasteiger partial charge in [-0.25, -0.2) is 4.79 Å². The highest BCUT2D eigenvalue weighted by Crippen LogP contribution is 2.29. The summed E-state index contributed by atoms with van der Waals surface area (Å²) >= 11 is 0. The zero-order valence-electron chi connectivity index (χ0n) is 21.8. The second-order valence-electron chi connectivity index (χ2n) is 8.94. The van der Waals surface area contributed by atoms with Gasteiger partial charge < -0.3 is 29.4 Å². The summed E-state index contributed by atoms with van der Waals surface area (Å²) < 4.78 is 48.7. The molecule has 0 radical (unpaired) electrons. The Morgan fingerprint density at radius 3 is 2.72 bits per heavy atom. The predicted octanol–water partition coefficient (Wildman–Crippen LogP) is 3.80. The van der Waals surface area contributed by atoms with E-state index in [-0.39, 0.29) is 37.0 Å². The average Bonchev–Trinajstić information content (AvgIpc) is 3.39. The molecule has 0 saturated heterocycles. The Bertz CT molecular complexity index is 1290. The van der Waals surface area contributed by atoms with Gasteiger partial charge in [0.25, 0.3) is 5.91 Å². The van der Waals surface area contributed by atoms with Crippen LogP contribution in [-0.2, 0) is 17.7 Å². The van der Waals surface area contributed by atoms with E-state index in [1.807, 2.05) is 13.8 Å². The number of rotatable bonds is 9. The maximum Gasteiger partial charge on any atom is 0.422 e. The monoisotopic (exact) mass is 549 g/mol. The van der Waals surface area contributed by atoms with E-state index in [1.54, 1.807) is 34.9 Å². The van der Waals surface area contributed by atoms with Crippen LogP contribution in [0.4, 0.5) is 18.0 Å². The molecule has 1 aromatic carbocycles. The quantitative estimate of drug-likeness (QED) is 0.457. The van der Waals surface area contributed by atoms with Crippen molar-refractivity contribution in [1.29, 1.82) is 0 Å². The van der Waals surface area contributed by atoms with Crippen molar-refractivity contribution in [2.24, 2.45) is 0 Å². The van der Waals surface area contributed by atoms with Crippen LogP contribution in [0.15, 0.2) is 49.0 Å². The normalized spacial score (nSPS) is 14.6. The molecule has 2 N–H and O–H groups in total. The van der Waals surface area contributed by atoms with Crippen LogP contribution in [-0.4, -0.2) is 69.8 Å². The number of nitrogens with one attached hydrogen (secondary N) is 1. The van der Waals surface area contributed by atoms with Crippen LogP contribution < -0.4 is 10.1 Å². The minimum atomic E-state index is -4.62. The molecule has 0 bridgehead atoms. The van der Waals surface area contributed by atoms with Crippen LogP contribution in [0.2, 0.25) is 0 Å². The van der Waals surface area contributed by atoms with Crippen molar-refractivity contribution in [3.63, 3.8) is 0 Å². The van der Waals surface area contributed by atoms with Crippen molar-refractivity contribution < 1.29 is 37.3 Å². The fourth-order valence-corrected chi connectivity index (χ4v) is 3.90. The van der Waals surface area contributed by atoms with Crippen molar-refractivity contribution in [3.05, 3.63) is 71.5 Å². The first-order valence-corrected chi connectivity index (χ1v) is 12.0. The molecule has 1 unspecified atom stereocenters. The van der Waals surface area contributed by atoms with E-state index < -0.39 is 24.8 Å². The maximum atomic E-state index is 13.0. The summed E-state index contributed by atoms with van der Waals surface area (Å²) in [6, 6.07) is 3.03. The molecule has 2 aromatic rings.